The Morgan fingerprint density at radius 2 is 1.44 bits per heavy atom. The average molecular weight is 267 g/mol. The van der Waals surface area contributed by atoms with E-state index in [2.05, 4.69) is 0 Å². The molecule has 92 valence electrons. The molecule has 0 saturated heterocycles. The van der Waals surface area contributed by atoms with Gasteiger partial charge in [-0.3, -0.25) is 4.90 Å². The van der Waals surface area contributed by atoms with Gasteiger partial charge in [0.05, 0.1) is 15.9 Å². The Labute approximate surface area is 116 Å². The minimum absolute atomic E-state index is 0. The van der Waals surface area contributed by atoms with Gasteiger partial charge < -0.3 is 25.0 Å². The molecule has 0 heterocycles. The summed E-state index contributed by atoms with van der Waals surface area (Å²) in [4.78, 5) is 1.05. The van der Waals surface area contributed by atoms with Crippen molar-refractivity contribution in [2.75, 3.05) is 25.4 Å². The van der Waals surface area contributed by atoms with Gasteiger partial charge in [-0.2, -0.15) is 0 Å². The standard InChI is InChI=1S/C6H15NO7S.Na/c8-5(9)3-7(4-6(10)11)1-2-15(12,13)14;/h5-6,8-11H,1-4H2,(H,12,13,14);/q;+1/p-1. The van der Waals surface area contributed by atoms with Gasteiger partial charge in [0.25, 0.3) is 0 Å². The molecule has 16 heavy (non-hydrogen) atoms. The minimum atomic E-state index is -4.41. The topological polar surface area (TPSA) is 141 Å². The molecule has 0 radical (unpaired) electrons. The van der Waals surface area contributed by atoms with Gasteiger partial charge in [-0.25, -0.2) is 8.42 Å². The van der Waals surface area contributed by atoms with Crippen molar-refractivity contribution < 1.29 is 63.0 Å². The van der Waals surface area contributed by atoms with Crippen LogP contribution in [-0.2, 0) is 10.1 Å². The summed E-state index contributed by atoms with van der Waals surface area (Å²) in [5, 5.41) is 34.4. The molecule has 0 aromatic rings. The number of hydrogen-bond donors (Lipinski definition) is 4. The first-order valence-electron chi connectivity index (χ1n) is 4.09. The van der Waals surface area contributed by atoms with Crippen LogP contribution in [0.15, 0.2) is 0 Å². The Hall–Kier alpha value is 0.710. The van der Waals surface area contributed by atoms with Crippen LogP contribution in [0.4, 0.5) is 0 Å². The van der Waals surface area contributed by atoms with Crippen LogP contribution in [0.1, 0.15) is 0 Å². The molecule has 0 rings (SSSR count). The van der Waals surface area contributed by atoms with Crippen molar-refractivity contribution >= 4 is 10.1 Å². The largest absolute Gasteiger partial charge is 1.00 e. The summed E-state index contributed by atoms with van der Waals surface area (Å²) in [7, 11) is -4.41. The van der Waals surface area contributed by atoms with Crippen LogP contribution in [0.5, 0.6) is 0 Å². The van der Waals surface area contributed by atoms with E-state index in [1.54, 1.807) is 0 Å². The summed E-state index contributed by atoms with van der Waals surface area (Å²) in [6.45, 7) is -1.03. The molecule has 4 N–H and O–H groups in total. The molecule has 0 bridgehead atoms. The second-order valence-corrected chi connectivity index (χ2v) is 4.51. The number of aliphatic hydroxyl groups is 4. The predicted octanol–water partition coefficient (Wildman–Crippen LogP) is -6.54. The molecule has 0 saturated carbocycles. The van der Waals surface area contributed by atoms with E-state index in [9.17, 15) is 13.0 Å². The van der Waals surface area contributed by atoms with E-state index in [1.165, 1.54) is 0 Å². The van der Waals surface area contributed by atoms with Crippen LogP contribution in [0.25, 0.3) is 0 Å². The summed E-state index contributed by atoms with van der Waals surface area (Å²) >= 11 is 0. The second-order valence-electron chi connectivity index (χ2n) is 2.98. The number of aliphatic hydroxyl groups excluding tert-OH is 2. The molecule has 0 aliphatic heterocycles. The molecule has 0 aliphatic rings. The van der Waals surface area contributed by atoms with Gasteiger partial charge in [-0.05, 0) is 0 Å². The van der Waals surface area contributed by atoms with E-state index in [1.807, 2.05) is 0 Å². The number of nitrogens with zero attached hydrogens (tertiary/aromatic N) is 1. The van der Waals surface area contributed by atoms with Gasteiger partial charge in [-0.15, -0.1) is 0 Å². The van der Waals surface area contributed by atoms with Crippen molar-refractivity contribution in [3.63, 3.8) is 0 Å². The zero-order chi connectivity index (χ0) is 12.1. The maximum absolute atomic E-state index is 10.3. The zero-order valence-electron chi connectivity index (χ0n) is 8.85. The fraction of sp³-hybridized carbons (Fsp3) is 1.00. The fourth-order valence-corrected chi connectivity index (χ4v) is 1.44. The van der Waals surface area contributed by atoms with E-state index >= 15 is 0 Å². The predicted molar refractivity (Wildman–Crippen MR) is 47.5 cm³/mol. The molecule has 0 aromatic heterocycles. The van der Waals surface area contributed by atoms with Gasteiger partial charge in [0.2, 0.25) is 0 Å². The monoisotopic (exact) mass is 267 g/mol. The quantitative estimate of drug-likeness (QED) is 0.203. The Morgan fingerprint density at radius 1 is 1.06 bits per heavy atom. The minimum Gasteiger partial charge on any atom is -0.748 e. The summed E-state index contributed by atoms with van der Waals surface area (Å²) in [5.74, 6) is -0.730. The smallest absolute Gasteiger partial charge is 0.748 e. The van der Waals surface area contributed by atoms with Crippen LogP contribution in [0.3, 0.4) is 0 Å². The maximum atomic E-state index is 10.3. The van der Waals surface area contributed by atoms with Crippen molar-refractivity contribution in [2.24, 2.45) is 0 Å². The van der Waals surface area contributed by atoms with Gasteiger partial charge in [0.1, 0.15) is 0 Å². The molecule has 0 unspecified atom stereocenters. The summed E-state index contributed by atoms with van der Waals surface area (Å²) < 4.78 is 30.8. The van der Waals surface area contributed by atoms with E-state index < -0.39 is 28.5 Å². The van der Waals surface area contributed by atoms with Crippen molar-refractivity contribution in [1.29, 1.82) is 0 Å². The van der Waals surface area contributed by atoms with Crippen LogP contribution >= 0.6 is 0 Å². The molecule has 10 heteroatoms. The molecular formula is C6H14NNaO7S. The zero-order valence-corrected chi connectivity index (χ0v) is 11.7. The number of hydrogen-bond acceptors (Lipinski definition) is 8. The van der Waals surface area contributed by atoms with Crippen molar-refractivity contribution in [2.45, 2.75) is 12.6 Å². The molecule has 0 atom stereocenters. The molecule has 0 amide bonds. The van der Waals surface area contributed by atoms with Crippen LogP contribution in [0.2, 0.25) is 0 Å². The third kappa shape index (κ3) is 12.8. The maximum Gasteiger partial charge on any atom is 1.00 e. The normalized spacial score (nSPS) is 12.2. The molecule has 0 spiro atoms. The third-order valence-corrected chi connectivity index (χ3v) is 2.18. The van der Waals surface area contributed by atoms with Gasteiger partial charge in [0, 0.05) is 19.6 Å². The van der Waals surface area contributed by atoms with E-state index in [4.69, 9.17) is 20.4 Å². The number of rotatable bonds is 7. The van der Waals surface area contributed by atoms with E-state index in [0.29, 0.717) is 0 Å². The Kier molecular flexibility index (Phi) is 10.4. The summed E-state index contributed by atoms with van der Waals surface area (Å²) in [6.07, 6.45) is -3.48. The third-order valence-electron chi connectivity index (χ3n) is 1.50. The van der Waals surface area contributed by atoms with E-state index in [0.717, 1.165) is 4.90 Å². The fourth-order valence-electron chi connectivity index (χ4n) is 0.960. The molecule has 0 aromatic carbocycles. The molecule has 0 aliphatic carbocycles. The molecule has 8 nitrogen and oxygen atoms in total. The SMILES string of the molecule is O=S(=O)([O-])CCN(CC(O)O)CC(O)O.[Na+]. The first-order valence-corrected chi connectivity index (χ1v) is 5.66. The van der Waals surface area contributed by atoms with Crippen LogP contribution in [0, 0.1) is 0 Å². The molecular weight excluding hydrogens is 253 g/mol. The first-order chi connectivity index (χ1) is 6.70. The van der Waals surface area contributed by atoms with Crippen molar-refractivity contribution in [1.82, 2.24) is 4.90 Å². The van der Waals surface area contributed by atoms with Crippen molar-refractivity contribution in [3.05, 3.63) is 0 Å². The van der Waals surface area contributed by atoms with Gasteiger partial charge >= 0.3 is 29.6 Å². The average Bonchev–Trinajstić information content (AvgIpc) is 1.96. The van der Waals surface area contributed by atoms with Crippen LogP contribution in [-0.4, -0.2) is 76.3 Å². The van der Waals surface area contributed by atoms with E-state index in [-0.39, 0.29) is 49.2 Å². The van der Waals surface area contributed by atoms with Gasteiger partial charge in [0.15, 0.2) is 12.6 Å². The van der Waals surface area contributed by atoms with Crippen molar-refractivity contribution in [3.8, 4) is 0 Å². The summed E-state index contributed by atoms with van der Waals surface area (Å²) in [5.41, 5.74) is 0. The Bertz CT molecular complexity index is 258. The van der Waals surface area contributed by atoms with Crippen LogP contribution < -0.4 is 29.6 Å². The molecule has 0 fully saturated rings. The van der Waals surface area contributed by atoms with Gasteiger partial charge in [-0.1, -0.05) is 0 Å². The Morgan fingerprint density at radius 3 is 1.69 bits per heavy atom. The first kappa shape index (κ1) is 19.1. The summed E-state index contributed by atoms with van der Waals surface area (Å²) in [6, 6.07) is 0. The second kappa shape index (κ2) is 8.75. The Balaban J connectivity index is 0.